The standard InChI is InChI=1S/C7H9NO6/c8-1-2(9)3(10)6-4(11)5(12)7(13)14-6/h4-7,9-13H/b3-2+/t4-,5+,6+,7?/m0/s1. The van der Waals surface area contributed by atoms with Gasteiger partial charge in [0.2, 0.25) is 5.76 Å². The van der Waals surface area contributed by atoms with E-state index < -0.39 is 36.1 Å². The largest absolute Gasteiger partial charge is 0.505 e. The summed E-state index contributed by atoms with van der Waals surface area (Å²) in [5.41, 5.74) is 0. The van der Waals surface area contributed by atoms with E-state index >= 15 is 0 Å². The molecule has 7 nitrogen and oxygen atoms in total. The third-order valence-corrected chi connectivity index (χ3v) is 1.86. The lowest BCUT2D eigenvalue weighted by atomic mass is 10.1. The van der Waals surface area contributed by atoms with Crippen LogP contribution in [0.4, 0.5) is 0 Å². The van der Waals surface area contributed by atoms with Gasteiger partial charge in [0.1, 0.15) is 18.3 Å². The lowest BCUT2D eigenvalue weighted by molar-refractivity contribution is -0.126. The summed E-state index contributed by atoms with van der Waals surface area (Å²) in [6, 6.07) is 1.22. The van der Waals surface area contributed by atoms with Crippen molar-refractivity contribution in [3.05, 3.63) is 11.5 Å². The van der Waals surface area contributed by atoms with Crippen LogP contribution in [-0.2, 0) is 4.74 Å². The number of nitriles is 1. The molecular weight excluding hydrogens is 194 g/mol. The highest BCUT2D eigenvalue weighted by atomic mass is 16.6. The molecule has 0 spiro atoms. The summed E-state index contributed by atoms with van der Waals surface area (Å²) >= 11 is 0. The Balaban J connectivity index is 2.88. The van der Waals surface area contributed by atoms with Gasteiger partial charge in [0.25, 0.3) is 0 Å². The smallest absolute Gasteiger partial charge is 0.235 e. The van der Waals surface area contributed by atoms with E-state index in [0.29, 0.717) is 0 Å². The average molecular weight is 203 g/mol. The van der Waals surface area contributed by atoms with Crippen LogP contribution in [0.1, 0.15) is 0 Å². The number of hydrogen-bond acceptors (Lipinski definition) is 7. The first-order valence-corrected chi connectivity index (χ1v) is 3.71. The Bertz CT molecular complexity index is 295. The summed E-state index contributed by atoms with van der Waals surface area (Å²) in [5.74, 6) is -1.95. The van der Waals surface area contributed by atoms with Gasteiger partial charge >= 0.3 is 0 Å². The maximum absolute atomic E-state index is 9.19. The summed E-state index contributed by atoms with van der Waals surface area (Å²) in [7, 11) is 0. The van der Waals surface area contributed by atoms with Gasteiger partial charge in [-0.2, -0.15) is 5.26 Å². The summed E-state index contributed by atoms with van der Waals surface area (Å²) in [6.45, 7) is 0. The van der Waals surface area contributed by atoms with Crippen LogP contribution < -0.4 is 0 Å². The molecule has 1 unspecified atom stereocenters. The molecule has 0 saturated carbocycles. The number of rotatable bonds is 1. The highest BCUT2D eigenvalue weighted by Crippen LogP contribution is 2.24. The molecule has 7 heteroatoms. The van der Waals surface area contributed by atoms with Crippen molar-refractivity contribution in [1.29, 1.82) is 5.26 Å². The van der Waals surface area contributed by atoms with Gasteiger partial charge < -0.3 is 30.3 Å². The number of aliphatic hydroxyl groups is 5. The maximum atomic E-state index is 9.19. The van der Waals surface area contributed by atoms with Gasteiger partial charge in [-0.25, -0.2) is 0 Å². The topological polar surface area (TPSA) is 134 Å². The number of allylic oxidation sites excluding steroid dienone is 1. The number of ether oxygens (including phenoxy) is 1. The zero-order valence-electron chi connectivity index (χ0n) is 6.90. The van der Waals surface area contributed by atoms with Crippen LogP contribution in [-0.4, -0.2) is 50.1 Å². The predicted octanol–water partition coefficient (Wildman–Crippen LogP) is -1.72. The first kappa shape index (κ1) is 10.7. The van der Waals surface area contributed by atoms with Crippen molar-refractivity contribution in [2.45, 2.75) is 24.6 Å². The van der Waals surface area contributed by atoms with Gasteiger partial charge in [0, 0.05) is 0 Å². The van der Waals surface area contributed by atoms with Gasteiger partial charge in [-0.05, 0) is 0 Å². The predicted molar refractivity (Wildman–Crippen MR) is 40.8 cm³/mol. The molecule has 78 valence electrons. The average Bonchev–Trinajstić information content (AvgIpc) is 2.43. The second-order valence-electron chi connectivity index (χ2n) is 2.77. The number of aliphatic hydroxyl groups excluding tert-OH is 5. The molecule has 1 heterocycles. The number of hydrogen-bond donors (Lipinski definition) is 5. The Morgan fingerprint density at radius 2 is 1.71 bits per heavy atom. The number of nitrogens with zero attached hydrogens (tertiary/aromatic N) is 1. The van der Waals surface area contributed by atoms with Crippen molar-refractivity contribution in [3.8, 4) is 6.07 Å². The van der Waals surface area contributed by atoms with Crippen LogP contribution in [0, 0.1) is 11.3 Å². The second kappa shape index (κ2) is 3.81. The fraction of sp³-hybridized carbons (Fsp3) is 0.571. The van der Waals surface area contributed by atoms with Crippen LogP contribution in [0.15, 0.2) is 11.5 Å². The van der Waals surface area contributed by atoms with E-state index in [1.54, 1.807) is 0 Å². The third kappa shape index (κ3) is 1.64. The normalized spacial score (nSPS) is 39.0. The van der Waals surface area contributed by atoms with Gasteiger partial charge in [-0.3, -0.25) is 0 Å². The Morgan fingerprint density at radius 1 is 1.14 bits per heavy atom. The van der Waals surface area contributed by atoms with Crippen molar-refractivity contribution < 1.29 is 30.3 Å². The molecule has 0 aromatic heterocycles. The Hall–Kier alpha value is -1.33. The van der Waals surface area contributed by atoms with Crippen molar-refractivity contribution in [2.24, 2.45) is 0 Å². The van der Waals surface area contributed by atoms with Crippen LogP contribution in [0.2, 0.25) is 0 Å². The molecular formula is C7H9NO6. The van der Waals surface area contributed by atoms with E-state index in [1.165, 1.54) is 6.07 Å². The molecule has 1 fully saturated rings. The third-order valence-electron chi connectivity index (χ3n) is 1.86. The lowest BCUT2D eigenvalue weighted by Gasteiger charge is -2.12. The molecule has 0 bridgehead atoms. The summed E-state index contributed by atoms with van der Waals surface area (Å²) in [6.07, 6.45) is -6.35. The monoisotopic (exact) mass is 203 g/mol. The zero-order valence-corrected chi connectivity index (χ0v) is 6.90. The van der Waals surface area contributed by atoms with E-state index in [0.717, 1.165) is 0 Å². The minimum atomic E-state index is -1.66. The summed E-state index contributed by atoms with van der Waals surface area (Å²) in [5, 5.41) is 53.2. The molecule has 1 aliphatic heterocycles. The highest BCUT2D eigenvalue weighted by molar-refractivity contribution is 5.20. The van der Waals surface area contributed by atoms with Crippen molar-refractivity contribution in [1.82, 2.24) is 0 Å². The van der Waals surface area contributed by atoms with Crippen LogP contribution >= 0.6 is 0 Å². The molecule has 1 rings (SSSR count). The Morgan fingerprint density at radius 3 is 2.07 bits per heavy atom. The van der Waals surface area contributed by atoms with Crippen molar-refractivity contribution in [2.75, 3.05) is 0 Å². The molecule has 4 atom stereocenters. The highest BCUT2D eigenvalue weighted by Gasteiger charge is 2.45. The summed E-state index contributed by atoms with van der Waals surface area (Å²) < 4.78 is 4.51. The molecule has 0 aromatic carbocycles. The lowest BCUT2D eigenvalue weighted by Crippen LogP contribution is -2.33. The first-order chi connectivity index (χ1) is 6.49. The van der Waals surface area contributed by atoms with Gasteiger partial charge in [0.15, 0.2) is 18.2 Å². The fourth-order valence-corrected chi connectivity index (χ4v) is 1.08. The SMILES string of the molecule is N#C/C(O)=C(\O)[C@H]1OC(O)[C@H](O)[C@@H]1O. The second-order valence-corrected chi connectivity index (χ2v) is 2.77. The van der Waals surface area contributed by atoms with Gasteiger partial charge in [-0.1, -0.05) is 0 Å². The Kier molecular flexibility index (Phi) is 2.93. The molecule has 0 aromatic rings. The van der Waals surface area contributed by atoms with Crippen molar-refractivity contribution in [3.63, 3.8) is 0 Å². The van der Waals surface area contributed by atoms with E-state index in [9.17, 15) is 5.11 Å². The quantitative estimate of drug-likeness (QED) is 0.194. The van der Waals surface area contributed by atoms with Crippen LogP contribution in [0.5, 0.6) is 0 Å². The van der Waals surface area contributed by atoms with Gasteiger partial charge in [0.05, 0.1) is 0 Å². The van der Waals surface area contributed by atoms with Gasteiger partial charge in [-0.15, -0.1) is 0 Å². The van der Waals surface area contributed by atoms with E-state index in [2.05, 4.69) is 4.74 Å². The van der Waals surface area contributed by atoms with Crippen LogP contribution in [0.25, 0.3) is 0 Å². The first-order valence-electron chi connectivity index (χ1n) is 3.71. The van der Waals surface area contributed by atoms with E-state index in [1.807, 2.05) is 0 Å². The molecule has 5 N–H and O–H groups in total. The Labute approximate surface area is 78.7 Å². The fourth-order valence-electron chi connectivity index (χ4n) is 1.08. The minimum Gasteiger partial charge on any atom is -0.505 e. The van der Waals surface area contributed by atoms with Crippen molar-refractivity contribution >= 4 is 0 Å². The molecule has 0 amide bonds. The molecule has 0 aliphatic carbocycles. The molecule has 14 heavy (non-hydrogen) atoms. The van der Waals surface area contributed by atoms with Crippen LogP contribution in [0.3, 0.4) is 0 Å². The molecule has 1 saturated heterocycles. The van der Waals surface area contributed by atoms with E-state index in [-0.39, 0.29) is 0 Å². The summed E-state index contributed by atoms with van der Waals surface area (Å²) in [4.78, 5) is 0. The molecule has 0 radical (unpaired) electrons. The minimum absolute atomic E-state index is 0.921. The zero-order chi connectivity index (χ0) is 10.9. The molecule has 1 aliphatic rings. The maximum Gasteiger partial charge on any atom is 0.235 e. The van der Waals surface area contributed by atoms with E-state index in [4.69, 9.17) is 25.7 Å².